The third-order valence-corrected chi connectivity index (χ3v) is 2.77. The Bertz CT molecular complexity index is 640. The van der Waals surface area contributed by atoms with Gasteiger partial charge in [0.05, 0.1) is 31.1 Å². The number of carbonyl (C=O) groups is 2. The van der Waals surface area contributed by atoms with E-state index in [1.54, 1.807) is 12.3 Å². The van der Waals surface area contributed by atoms with Gasteiger partial charge >= 0.3 is 5.97 Å². The molecule has 0 aliphatic rings. The van der Waals surface area contributed by atoms with Crippen LogP contribution in [0.15, 0.2) is 30.6 Å². The molecule has 0 saturated carbocycles. The summed E-state index contributed by atoms with van der Waals surface area (Å²) < 4.78 is 6.49. The maximum Gasteiger partial charge on any atom is 0.337 e. The number of aryl methyl sites for hydroxylation is 1. The monoisotopic (exact) mass is 290 g/mol. The van der Waals surface area contributed by atoms with Crippen LogP contribution in [0.4, 0.5) is 5.69 Å². The summed E-state index contributed by atoms with van der Waals surface area (Å²) in [5.74, 6) is -1.04. The second kappa shape index (κ2) is 6.51. The first-order valence-electron chi connectivity index (χ1n) is 6.15. The van der Waals surface area contributed by atoms with Gasteiger partial charge in [0, 0.05) is 12.6 Å². The lowest BCUT2D eigenvalue weighted by molar-refractivity contribution is -0.116. The molecule has 0 bridgehead atoms. The van der Waals surface area contributed by atoms with Gasteiger partial charge in [-0.3, -0.25) is 9.48 Å². The highest BCUT2D eigenvalue weighted by molar-refractivity contribution is 6.00. The van der Waals surface area contributed by atoms with E-state index in [0.29, 0.717) is 12.3 Å². The van der Waals surface area contributed by atoms with E-state index in [9.17, 15) is 9.59 Å². The fourth-order valence-corrected chi connectivity index (χ4v) is 1.72. The molecule has 8 heteroatoms. The zero-order valence-electron chi connectivity index (χ0n) is 11.3. The van der Waals surface area contributed by atoms with Crippen molar-refractivity contribution < 1.29 is 19.4 Å². The van der Waals surface area contributed by atoms with Crippen LogP contribution in [0.2, 0.25) is 0 Å². The number of nitrogens with one attached hydrogen (secondary N) is 1. The van der Waals surface area contributed by atoms with Gasteiger partial charge < -0.3 is 15.2 Å². The van der Waals surface area contributed by atoms with Crippen LogP contribution in [0.25, 0.3) is 0 Å². The van der Waals surface area contributed by atoms with Gasteiger partial charge in [-0.25, -0.2) is 4.79 Å². The van der Waals surface area contributed by atoms with Crippen LogP contribution in [0.3, 0.4) is 0 Å². The molecule has 0 unspecified atom stereocenters. The molecule has 1 aromatic heterocycles. The number of amides is 1. The summed E-state index contributed by atoms with van der Waals surface area (Å²) in [7, 11) is 1.44. The molecule has 2 N–H and O–H groups in total. The smallest absolute Gasteiger partial charge is 0.337 e. The average molecular weight is 290 g/mol. The zero-order chi connectivity index (χ0) is 15.2. The molecule has 0 saturated heterocycles. The molecule has 2 aromatic rings. The minimum atomic E-state index is -1.14. The molecule has 0 aliphatic heterocycles. The highest BCUT2D eigenvalue weighted by Crippen LogP contribution is 2.22. The molecule has 110 valence electrons. The molecular weight excluding hydrogens is 276 g/mol. The lowest BCUT2D eigenvalue weighted by Crippen LogP contribution is -2.17. The average Bonchev–Trinajstić information content (AvgIpc) is 2.98. The van der Waals surface area contributed by atoms with Crippen LogP contribution in [-0.2, 0) is 11.3 Å². The largest absolute Gasteiger partial charge is 0.497 e. The van der Waals surface area contributed by atoms with Gasteiger partial charge in [-0.1, -0.05) is 5.21 Å². The number of carbonyl (C=O) groups excluding carboxylic acids is 1. The zero-order valence-corrected chi connectivity index (χ0v) is 11.3. The Morgan fingerprint density at radius 2 is 2.24 bits per heavy atom. The predicted molar refractivity (Wildman–Crippen MR) is 73.2 cm³/mol. The van der Waals surface area contributed by atoms with E-state index in [2.05, 4.69) is 15.6 Å². The number of anilines is 1. The highest BCUT2D eigenvalue weighted by Gasteiger charge is 2.13. The summed E-state index contributed by atoms with van der Waals surface area (Å²) in [6.45, 7) is 0.365. The number of rotatable bonds is 6. The lowest BCUT2D eigenvalue weighted by Gasteiger charge is -2.10. The van der Waals surface area contributed by atoms with Crippen molar-refractivity contribution in [2.24, 2.45) is 0 Å². The predicted octanol–water partition coefficient (Wildman–Crippen LogP) is 1.01. The van der Waals surface area contributed by atoms with E-state index in [0.717, 1.165) is 0 Å². The Morgan fingerprint density at radius 1 is 1.43 bits per heavy atom. The van der Waals surface area contributed by atoms with E-state index in [-0.39, 0.29) is 23.6 Å². The molecular formula is C13H14N4O4. The van der Waals surface area contributed by atoms with E-state index in [4.69, 9.17) is 9.84 Å². The number of aromatic carboxylic acids is 1. The Morgan fingerprint density at radius 3 is 2.86 bits per heavy atom. The fourth-order valence-electron chi connectivity index (χ4n) is 1.72. The second-order valence-corrected chi connectivity index (χ2v) is 4.18. The van der Waals surface area contributed by atoms with Crippen LogP contribution in [0.5, 0.6) is 5.75 Å². The first-order valence-corrected chi connectivity index (χ1v) is 6.15. The minimum absolute atomic E-state index is 0.0246. The Balaban J connectivity index is 2.04. The van der Waals surface area contributed by atoms with Gasteiger partial charge in [0.15, 0.2) is 0 Å². The van der Waals surface area contributed by atoms with Gasteiger partial charge in [-0.2, -0.15) is 0 Å². The summed E-state index contributed by atoms with van der Waals surface area (Å²) in [4.78, 5) is 23.0. The van der Waals surface area contributed by atoms with Gasteiger partial charge in [0.25, 0.3) is 0 Å². The van der Waals surface area contributed by atoms with Crippen molar-refractivity contribution in [3.63, 3.8) is 0 Å². The van der Waals surface area contributed by atoms with Crippen molar-refractivity contribution >= 4 is 17.6 Å². The third kappa shape index (κ3) is 3.78. The van der Waals surface area contributed by atoms with Crippen LogP contribution in [0, 0.1) is 0 Å². The molecule has 0 fully saturated rings. The quantitative estimate of drug-likeness (QED) is 0.822. The molecule has 0 aliphatic carbocycles. The normalized spacial score (nSPS) is 10.1. The number of hydrogen-bond donors (Lipinski definition) is 2. The van der Waals surface area contributed by atoms with Gasteiger partial charge in [-0.15, -0.1) is 5.10 Å². The number of methoxy groups -OCH3 is 1. The number of nitrogens with zero attached hydrogens (tertiary/aromatic N) is 3. The summed E-state index contributed by atoms with van der Waals surface area (Å²) in [6.07, 6.45) is 3.32. The van der Waals surface area contributed by atoms with Crippen LogP contribution in [-0.4, -0.2) is 39.1 Å². The summed E-state index contributed by atoms with van der Waals surface area (Å²) >= 11 is 0. The molecule has 0 atom stereocenters. The van der Waals surface area contributed by atoms with E-state index in [1.165, 1.54) is 30.1 Å². The number of carboxylic acids is 1. The molecule has 0 radical (unpaired) electrons. The Hall–Kier alpha value is -2.90. The highest BCUT2D eigenvalue weighted by atomic mass is 16.5. The molecule has 1 heterocycles. The maximum atomic E-state index is 11.8. The first kappa shape index (κ1) is 14.5. The van der Waals surface area contributed by atoms with Gasteiger partial charge in [0.2, 0.25) is 5.91 Å². The maximum absolute atomic E-state index is 11.8. The van der Waals surface area contributed by atoms with E-state index in [1.807, 2.05) is 0 Å². The van der Waals surface area contributed by atoms with Crippen molar-refractivity contribution in [2.45, 2.75) is 13.0 Å². The molecule has 21 heavy (non-hydrogen) atoms. The van der Waals surface area contributed by atoms with Gasteiger partial charge in [-0.05, 0) is 18.2 Å². The number of ether oxygens (including phenoxy) is 1. The van der Waals surface area contributed by atoms with Crippen molar-refractivity contribution in [2.75, 3.05) is 12.4 Å². The lowest BCUT2D eigenvalue weighted by atomic mass is 10.1. The van der Waals surface area contributed by atoms with Crippen molar-refractivity contribution in [1.29, 1.82) is 0 Å². The molecule has 1 amide bonds. The number of hydrogen-bond acceptors (Lipinski definition) is 5. The van der Waals surface area contributed by atoms with Crippen LogP contribution in [0.1, 0.15) is 16.8 Å². The van der Waals surface area contributed by atoms with Crippen molar-refractivity contribution in [3.05, 3.63) is 36.2 Å². The number of carboxylic acid groups (broad SMARTS) is 1. The molecule has 0 spiro atoms. The number of aromatic nitrogens is 3. The molecule has 1 aromatic carbocycles. The second-order valence-electron chi connectivity index (χ2n) is 4.18. The summed E-state index contributed by atoms with van der Waals surface area (Å²) in [5, 5.41) is 19.1. The minimum Gasteiger partial charge on any atom is -0.497 e. The van der Waals surface area contributed by atoms with E-state index < -0.39 is 5.97 Å². The number of benzene rings is 1. The van der Waals surface area contributed by atoms with Crippen LogP contribution < -0.4 is 10.1 Å². The topological polar surface area (TPSA) is 106 Å². The first-order chi connectivity index (χ1) is 10.1. The van der Waals surface area contributed by atoms with Crippen molar-refractivity contribution in [1.82, 2.24) is 15.0 Å². The third-order valence-electron chi connectivity index (χ3n) is 2.77. The Labute approximate surface area is 120 Å². The summed E-state index contributed by atoms with van der Waals surface area (Å²) in [5.41, 5.74) is 0.204. The van der Waals surface area contributed by atoms with Crippen molar-refractivity contribution in [3.8, 4) is 5.75 Å². The summed E-state index contributed by atoms with van der Waals surface area (Å²) in [6, 6.07) is 4.44. The molecule has 2 rings (SSSR count). The van der Waals surface area contributed by atoms with Crippen LogP contribution >= 0.6 is 0 Å². The van der Waals surface area contributed by atoms with E-state index >= 15 is 0 Å². The van der Waals surface area contributed by atoms with Gasteiger partial charge in [0.1, 0.15) is 5.75 Å². The molecule has 8 nitrogen and oxygen atoms in total. The fraction of sp³-hybridized carbons (Fsp3) is 0.231. The SMILES string of the molecule is COc1ccc(NC(=O)CCn2ccnn2)c(C(=O)O)c1. The Kier molecular flexibility index (Phi) is 4.50. The standard InChI is InChI=1S/C13H14N4O4/c1-21-9-2-3-11(10(8-9)13(19)20)15-12(18)4-6-17-7-5-14-16-17/h2-3,5,7-8H,4,6H2,1H3,(H,15,18)(H,19,20).